The van der Waals surface area contributed by atoms with Gasteiger partial charge >= 0.3 is 0 Å². The molecule has 0 saturated carbocycles. The van der Waals surface area contributed by atoms with E-state index in [1.807, 2.05) is 0 Å². The van der Waals surface area contributed by atoms with Crippen LogP contribution in [0.3, 0.4) is 0 Å². The van der Waals surface area contributed by atoms with Crippen LogP contribution in [0.4, 0.5) is 0 Å². The van der Waals surface area contributed by atoms with Crippen molar-refractivity contribution in [3.8, 4) is 17.6 Å². The monoisotopic (exact) mass is 352 g/mol. The quantitative estimate of drug-likeness (QED) is 0.665. The SMILES string of the molecule is COc1ccc(C(=O)C2CCc3[nH]c(=O)c(C#N)cc3C2=O)c(OC)c1. The van der Waals surface area contributed by atoms with Gasteiger partial charge in [0.05, 0.1) is 25.7 Å². The van der Waals surface area contributed by atoms with Gasteiger partial charge < -0.3 is 14.5 Å². The first-order valence-corrected chi connectivity index (χ1v) is 7.97. The van der Waals surface area contributed by atoms with E-state index in [-0.39, 0.29) is 23.3 Å². The number of pyridine rings is 1. The topological polar surface area (TPSA) is 109 Å². The smallest absolute Gasteiger partial charge is 0.266 e. The average Bonchev–Trinajstić information content (AvgIpc) is 2.66. The van der Waals surface area contributed by atoms with Gasteiger partial charge in [0.1, 0.15) is 23.1 Å². The maximum atomic E-state index is 12.9. The molecular weight excluding hydrogens is 336 g/mol. The molecule has 3 rings (SSSR count). The van der Waals surface area contributed by atoms with E-state index >= 15 is 0 Å². The number of ether oxygens (including phenoxy) is 2. The summed E-state index contributed by atoms with van der Waals surface area (Å²) in [6.45, 7) is 0. The standard InChI is InChI=1S/C19H16N2O5/c1-25-11-3-4-12(16(8-11)26-2)17(22)13-5-6-15-14(18(13)23)7-10(9-20)19(24)21-15/h3-4,7-8,13H,5-6H2,1-2H3,(H,21,24). The predicted molar refractivity (Wildman–Crippen MR) is 91.8 cm³/mol. The molecule has 7 nitrogen and oxygen atoms in total. The first-order valence-electron chi connectivity index (χ1n) is 7.97. The average molecular weight is 352 g/mol. The summed E-state index contributed by atoms with van der Waals surface area (Å²) in [7, 11) is 2.94. The van der Waals surface area contributed by atoms with Gasteiger partial charge in [0.25, 0.3) is 5.56 Å². The molecule has 1 atom stereocenters. The van der Waals surface area contributed by atoms with E-state index in [0.29, 0.717) is 29.2 Å². The second kappa shape index (κ2) is 6.84. The third-order valence-corrected chi connectivity index (χ3v) is 4.50. The second-order valence-electron chi connectivity index (χ2n) is 5.90. The van der Waals surface area contributed by atoms with Crippen LogP contribution >= 0.6 is 0 Å². The van der Waals surface area contributed by atoms with E-state index in [9.17, 15) is 14.4 Å². The number of Topliss-reactive ketones (excluding diaryl/α,β-unsaturated/α-hetero) is 2. The maximum Gasteiger partial charge on any atom is 0.266 e. The summed E-state index contributed by atoms with van der Waals surface area (Å²) in [6.07, 6.45) is 0.651. The van der Waals surface area contributed by atoms with Gasteiger partial charge in [0.2, 0.25) is 0 Å². The molecule has 0 bridgehead atoms. The van der Waals surface area contributed by atoms with E-state index in [1.165, 1.54) is 20.3 Å². The van der Waals surface area contributed by atoms with E-state index < -0.39 is 17.3 Å². The van der Waals surface area contributed by atoms with Crippen LogP contribution in [0.5, 0.6) is 11.5 Å². The van der Waals surface area contributed by atoms with Crippen LogP contribution < -0.4 is 15.0 Å². The van der Waals surface area contributed by atoms with E-state index in [1.54, 1.807) is 24.3 Å². The van der Waals surface area contributed by atoms with Gasteiger partial charge in [-0.1, -0.05) is 0 Å². The number of fused-ring (bicyclic) bond motifs is 1. The Bertz CT molecular complexity index is 1000. The van der Waals surface area contributed by atoms with Crippen molar-refractivity contribution >= 4 is 11.6 Å². The zero-order valence-corrected chi connectivity index (χ0v) is 14.3. The summed E-state index contributed by atoms with van der Waals surface area (Å²) in [6, 6.07) is 7.80. The third-order valence-electron chi connectivity index (χ3n) is 4.50. The number of hydrogen-bond acceptors (Lipinski definition) is 6. The highest BCUT2D eigenvalue weighted by Gasteiger charge is 2.35. The summed E-state index contributed by atoms with van der Waals surface area (Å²) < 4.78 is 10.4. The van der Waals surface area contributed by atoms with Crippen molar-refractivity contribution in [1.29, 1.82) is 5.26 Å². The molecule has 1 aliphatic carbocycles. The van der Waals surface area contributed by atoms with Crippen molar-refractivity contribution in [2.24, 2.45) is 5.92 Å². The van der Waals surface area contributed by atoms with Crippen LogP contribution in [0, 0.1) is 17.2 Å². The van der Waals surface area contributed by atoms with Crippen LogP contribution in [0.1, 0.15) is 38.4 Å². The number of carbonyl (C=O) groups is 2. The normalized spacial score (nSPS) is 15.7. The Labute approximate surface area is 149 Å². The van der Waals surface area contributed by atoms with E-state index in [4.69, 9.17) is 14.7 Å². The molecule has 1 unspecified atom stereocenters. The summed E-state index contributed by atoms with van der Waals surface area (Å²) in [4.78, 5) is 40.0. The lowest BCUT2D eigenvalue weighted by molar-refractivity contribution is 0.0788. The lowest BCUT2D eigenvalue weighted by atomic mass is 9.80. The molecule has 1 aromatic heterocycles. The number of ketones is 2. The molecule has 0 saturated heterocycles. The Morgan fingerprint density at radius 2 is 2.00 bits per heavy atom. The van der Waals surface area contributed by atoms with Crippen LogP contribution in [-0.4, -0.2) is 30.8 Å². The van der Waals surface area contributed by atoms with Gasteiger partial charge in [-0.2, -0.15) is 5.26 Å². The second-order valence-corrected chi connectivity index (χ2v) is 5.90. The molecule has 1 heterocycles. The maximum absolute atomic E-state index is 12.9. The molecule has 0 fully saturated rings. The number of nitrogens with zero attached hydrogens (tertiary/aromatic N) is 1. The molecular formula is C19H16N2O5. The molecule has 0 spiro atoms. The van der Waals surface area contributed by atoms with E-state index in [0.717, 1.165) is 0 Å². The van der Waals surface area contributed by atoms with Crippen molar-refractivity contribution in [3.05, 3.63) is 57.0 Å². The molecule has 132 valence electrons. The lowest BCUT2D eigenvalue weighted by Gasteiger charge is -2.23. The highest BCUT2D eigenvalue weighted by atomic mass is 16.5. The van der Waals surface area contributed by atoms with E-state index in [2.05, 4.69) is 4.98 Å². The zero-order chi connectivity index (χ0) is 18.8. The summed E-state index contributed by atoms with van der Waals surface area (Å²) in [5, 5.41) is 9.00. The van der Waals surface area contributed by atoms with Crippen molar-refractivity contribution in [2.45, 2.75) is 12.8 Å². The largest absolute Gasteiger partial charge is 0.497 e. The number of aryl methyl sites for hydroxylation is 1. The number of benzene rings is 1. The minimum atomic E-state index is -0.887. The molecule has 1 N–H and O–H groups in total. The zero-order valence-electron chi connectivity index (χ0n) is 14.3. The summed E-state index contributed by atoms with van der Waals surface area (Å²) in [5.41, 5.74) is 0.302. The van der Waals surface area contributed by atoms with Crippen molar-refractivity contribution in [2.75, 3.05) is 14.2 Å². The Hall–Kier alpha value is -3.40. The Morgan fingerprint density at radius 1 is 1.23 bits per heavy atom. The molecule has 7 heteroatoms. The number of aromatic nitrogens is 1. The van der Waals surface area contributed by atoms with Crippen molar-refractivity contribution in [3.63, 3.8) is 0 Å². The van der Waals surface area contributed by atoms with Gasteiger partial charge in [-0.05, 0) is 31.0 Å². The predicted octanol–water partition coefficient (Wildman–Crippen LogP) is 1.89. The molecule has 0 aliphatic heterocycles. The molecule has 2 aromatic rings. The van der Waals surface area contributed by atoms with Gasteiger partial charge in [-0.3, -0.25) is 14.4 Å². The van der Waals surface area contributed by atoms with Crippen LogP contribution in [0.15, 0.2) is 29.1 Å². The summed E-state index contributed by atoms with van der Waals surface area (Å²) >= 11 is 0. The number of nitrogens with one attached hydrogen (secondary N) is 1. The number of H-pyrrole nitrogens is 1. The van der Waals surface area contributed by atoms with Crippen LogP contribution in [0.25, 0.3) is 0 Å². The molecule has 26 heavy (non-hydrogen) atoms. The molecule has 1 aliphatic rings. The number of hydrogen-bond donors (Lipinski definition) is 1. The Morgan fingerprint density at radius 3 is 2.65 bits per heavy atom. The highest BCUT2D eigenvalue weighted by Crippen LogP contribution is 2.31. The van der Waals surface area contributed by atoms with Crippen LogP contribution in [0.2, 0.25) is 0 Å². The molecule has 0 amide bonds. The minimum Gasteiger partial charge on any atom is -0.497 e. The number of aromatic amines is 1. The fourth-order valence-electron chi connectivity index (χ4n) is 3.12. The first kappa shape index (κ1) is 17.4. The van der Waals surface area contributed by atoms with Gasteiger partial charge in [0, 0.05) is 17.3 Å². The minimum absolute atomic E-state index is 0.146. The number of methoxy groups -OCH3 is 2. The number of rotatable bonds is 4. The molecule has 1 aromatic carbocycles. The third kappa shape index (κ3) is 2.86. The number of carbonyl (C=O) groups excluding carboxylic acids is 2. The first-order chi connectivity index (χ1) is 12.5. The summed E-state index contributed by atoms with van der Waals surface area (Å²) in [5.74, 6) is -0.781. The Balaban J connectivity index is 1.99. The lowest BCUT2D eigenvalue weighted by Crippen LogP contribution is -2.32. The molecule has 0 radical (unpaired) electrons. The highest BCUT2D eigenvalue weighted by molar-refractivity contribution is 6.18. The number of nitriles is 1. The van der Waals surface area contributed by atoms with Gasteiger partial charge in [0.15, 0.2) is 11.6 Å². The van der Waals surface area contributed by atoms with Gasteiger partial charge in [-0.15, -0.1) is 0 Å². The van der Waals surface area contributed by atoms with Crippen molar-refractivity contribution < 1.29 is 19.1 Å². The fourth-order valence-corrected chi connectivity index (χ4v) is 3.12. The van der Waals surface area contributed by atoms with Crippen LogP contribution in [-0.2, 0) is 6.42 Å². The Kier molecular flexibility index (Phi) is 4.59. The van der Waals surface area contributed by atoms with Gasteiger partial charge in [-0.25, -0.2) is 0 Å². The fraction of sp³-hybridized carbons (Fsp3) is 0.263. The van der Waals surface area contributed by atoms with Crippen molar-refractivity contribution in [1.82, 2.24) is 4.98 Å².